The van der Waals surface area contributed by atoms with Gasteiger partial charge < -0.3 is 49.8 Å². The average Bonchev–Trinajstić information content (AvgIpc) is 3.23. The van der Waals surface area contributed by atoms with Gasteiger partial charge in [0.1, 0.15) is 24.2 Å². The standard InChI is InChI=1S/C42H53N7O10/c1-30-14-16-45-39(27-30)44-15-4-7-40(51)47-37(29-50)42(54)48-36(28-41(52)53)32-10-8-31(9-11-32)33-12-13-38(35-6-3-2-5-34(33)35)59-26-25-58-24-23-57-22-21-56-20-19-55-18-17-46-49-43/h2-3,5-6,8-14,16,27,36-37,50H,4,7,15,17-26,28-29H2,1H3,(H,44,45)(H,47,51)(H,48,54)(H,52,53)/t36-,37-/m0/s1. The molecule has 17 nitrogen and oxygen atoms in total. The van der Waals surface area contributed by atoms with Gasteiger partial charge in [-0.3, -0.25) is 14.4 Å². The molecule has 2 atom stereocenters. The highest BCUT2D eigenvalue weighted by Crippen LogP contribution is 2.35. The van der Waals surface area contributed by atoms with Gasteiger partial charge in [-0.05, 0) is 64.7 Å². The molecule has 3 aromatic carbocycles. The van der Waals surface area contributed by atoms with Gasteiger partial charge in [0.15, 0.2) is 0 Å². The quantitative estimate of drug-likeness (QED) is 0.0212. The fourth-order valence-corrected chi connectivity index (χ4v) is 5.92. The van der Waals surface area contributed by atoms with Gasteiger partial charge in [0.05, 0.1) is 71.9 Å². The van der Waals surface area contributed by atoms with Crippen LogP contribution >= 0.6 is 0 Å². The summed E-state index contributed by atoms with van der Waals surface area (Å²) in [5.74, 6) is -0.841. The lowest BCUT2D eigenvalue weighted by atomic mass is 9.95. The van der Waals surface area contributed by atoms with Crippen LogP contribution in [0.2, 0.25) is 0 Å². The summed E-state index contributed by atoms with van der Waals surface area (Å²) in [5.41, 5.74) is 11.6. The summed E-state index contributed by atoms with van der Waals surface area (Å²) in [4.78, 5) is 44.5. The van der Waals surface area contributed by atoms with Crippen molar-refractivity contribution in [3.63, 3.8) is 0 Å². The number of fused-ring (bicyclic) bond motifs is 1. The van der Waals surface area contributed by atoms with Crippen LogP contribution in [-0.4, -0.2) is 118 Å². The molecule has 0 aliphatic rings. The number of nitrogens with zero attached hydrogens (tertiary/aromatic N) is 4. The first kappa shape index (κ1) is 45.9. The zero-order valence-corrected chi connectivity index (χ0v) is 33.2. The zero-order chi connectivity index (χ0) is 42.1. The number of hydrogen-bond donors (Lipinski definition) is 5. The number of benzene rings is 3. The number of aromatic nitrogens is 1. The van der Waals surface area contributed by atoms with E-state index >= 15 is 0 Å². The number of anilines is 1. The summed E-state index contributed by atoms with van der Waals surface area (Å²) in [5, 5.41) is 33.2. The molecular weight excluding hydrogens is 763 g/mol. The molecule has 0 aliphatic heterocycles. The number of pyridine rings is 1. The van der Waals surface area contributed by atoms with E-state index in [1.807, 2.05) is 67.6 Å². The number of nitrogens with one attached hydrogen (secondary N) is 3. The highest BCUT2D eigenvalue weighted by molar-refractivity contribution is 6.00. The Morgan fingerprint density at radius 1 is 0.831 bits per heavy atom. The summed E-state index contributed by atoms with van der Waals surface area (Å²) in [6.07, 6.45) is 1.86. The SMILES string of the molecule is Cc1ccnc(NCCCC(=O)N[C@@H](CO)C(=O)N[C@@H](CC(=O)O)c2ccc(-c3ccc(OCCOCCOCCOCCOCCN=[N+]=[N-])c4ccccc34)cc2)c1. The Morgan fingerprint density at radius 2 is 1.49 bits per heavy atom. The van der Waals surface area contributed by atoms with Crippen molar-refractivity contribution >= 4 is 34.4 Å². The normalized spacial score (nSPS) is 12.0. The first-order chi connectivity index (χ1) is 28.8. The number of amides is 2. The Kier molecular flexibility index (Phi) is 20.4. The van der Waals surface area contributed by atoms with Gasteiger partial charge >= 0.3 is 5.97 Å². The molecule has 59 heavy (non-hydrogen) atoms. The Bertz CT molecular complexity index is 1960. The van der Waals surface area contributed by atoms with Crippen molar-refractivity contribution in [3.8, 4) is 16.9 Å². The van der Waals surface area contributed by atoms with Crippen LogP contribution in [0, 0.1) is 6.92 Å². The van der Waals surface area contributed by atoms with Crippen LogP contribution in [0.3, 0.4) is 0 Å². The predicted molar refractivity (Wildman–Crippen MR) is 221 cm³/mol. The van der Waals surface area contributed by atoms with Gasteiger partial charge in [-0.2, -0.15) is 0 Å². The van der Waals surface area contributed by atoms with Gasteiger partial charge in [-0.15, -0.1) is 0 Å². The highest BCUT2D eigenvalue weighted by atomic mass is 16.6. The van der Waals surface area contributed by atoms with E-state index in [2.05, 4.69) is 31.0 Å². The monoisotopic (exact) mass is 815 g/mol. The molecule has 4 aromatic rings. The number of aliphatic hydroxyl groups excluding tert-OH is 1. The van der Waals surface area contributed by atoms with Gasteiger partial charge in [0.25, 0.3) is 0 Å². The second-order valence-corrected chi connectivity index (χ2v) is 13.2. The molecule has 0 fully saturated rings. The van der Waals surface area contributed by atoms with Crippen LogP contribution in [-0.2, 0) is 33.3 Å². The molecule has 0 aliphatic carbocycles. The second kappa shape index (κ2) is 26.2. The second-order valence-electron chi connectivity index (χ2n) is 13.2. The van der Waals surface area contributed by atoms with E-state index in [1.54, 1.807) is 18.3 Å². The summed E-state index contributed by atoms with van der Waals surface area (Å²) in [6.45, 7) is 5.67. The zero-order valence-electron chi connectivity index (χ0n) is 33.2. The first-order valence-corrected chi connectivity index (χ1v) is 19.4. The summed E-state index contributed by atoms with van der Waals surface area (Å²) < 4.78 is 27.9. The molecule has 0 unspecified atom stereocenters. The van der Waals surface area contributed by atoms with Crippen molar-refractivity contribution in [1.82, 2.24) is 15.6 Å². The number of hydrogen-bond acceptors (Lipinski definition) is 12. The Balaban J connectivity index is 1.23. The van der Waals surface area contributed by atoms with Crippen molar-refractivity contribution in [1.29, 1.82) is 0 Å². The molecule has 2 amide bonds. The van der Waals surface area contributed by atoms with Gasteiger partial charge in [0.2, 0.25) is 11.8 Å². The lowest BCUT2D eigenvalue weighted by Crippen LogP contribution is -2.50. The van der Waals surface area contributed by atoms with Crippen molar-refractivity contribution in [2.75, 3.05) is 84.5 Å². The van der Waals surface area contributed by atoms with Gasteiger partial charge in [0, 0.05) is 36.0 Å². The number of carbonyl (C=O) groups excluding carboxylic acids is 2. The van der Waals surface area contributed by atoms with Crippen LogP contribution in [0.1, 0.15) is 36.4 Å². The predicted octanol–water partition coefficient (Wildman–Crippen LogP) is 4.97. The van der Waals surface area contributed by atoms with Crippen molar-refractivity contribution in [3.05, 3.63) is 101 Å². The Labute approximate surface area is 343 Å². The lowest BCUT2D eigenvalue weighted by molar-refractivity contribution is -0.138. The third kappa shape index (κ3) is 16.5. The first-order valence-electron chi connectivity index (χ1n) is 19.4. The molecule has 4 rings (SSSR count). The smallest absolute Gasteiger partial charge is 0.305 e. The summed E-state index contributed by atoms with van der Waals surface area (Å²) in [7, 11) is 0. The maximum atomic E-state index is 13.2. The minimum absolute atomic E-state index is 0.107. The number of rotatable bonds is 29. The Hall–Kier alpha value is -5.81. The minimum Gasteiger partial charge on any atom is -0.491 e. The highest BCUT2D eigenvalue weighted by Gasteiger charge is 2.25. The third-order valence-corrected chi connectivity index (χ3v) is 8.84. The van der Waals surface area contributed by atoms with Crippen molar-refractivity contribution in [2.24, 2.45) is 5.11 Å². The Morgan fingerprint density at radius 3 is 2.14 bits per heavy atom. The van der Waals surface area contributed by atoms with E-state index in [0.29, 0.717) is 96.1 Å². The van der Waals surface area contributed by atoms with Gasteiger partial charge in [-0.25, -0.2) is 4.98 Å². The molecule has 1 heterocycles. The minimum atomic E-state index is -1.25. The fourth-order valence-electron chi connectivity index (χ4n) is 5.92. The molecule has 0 radical (unpaired) electrons. The van der Waals surface area contributed by atoms with Crippen molar-refractivity contribution < 1.29 is 48.3 Å². The molecule has 17 heteroatoms. The third-order valence-electron chi connectivity index (χ3n) is 8.84. The number of carboxylic acid groups (broad SMARTS) is 1. The molecule has 316 valence electrons. The van der Waals surface area contributed by atoms with E-state index in [9.17, 15) is 24.6 Å². The van der Waals surface area contributed by atoms with Crippen LogP contribution in [0.25, 0.3) is 32.3 Å². The van der Waals surface area contributed by atoms with Crippen LogP contribution in [0.5, 0.6) is 5.75 Å². The van der Waals surface area contributed by atoms with E-state index < -0.39 is 42.9 Å². The van der Waals surface area contributed by atoms with Crippen LogP contribution in [0.15, 0.2) is 84.1 Å². The molecule has 5 N–H and O–H groups in total. The number of carbonyl (C=O) groups is 3. The molecule has 0 saturated carbocycles. The van der Waals surface area contributed by atoms with Crippen LogP contribution < -0.4 is 20.7 Å². The number of aryl methyl sites for hydroxylation is 1. The maximum Gasteiger partial charge on any atom is 0.305 e. The number of aliphatic hydroxyl groups is 1. The van der Waals surface area contributed by atoms with E-state index in [-0.39, 0.29) is 6.42 Å². The topological polar surface area (TPSA) is 236 Å². The van der Waals surface area contributed by atoms with E-state index in [4.69, 9.17) is 29.2 Å². The summed E-state index contributed by atoms with van der Waals surface area (Å²) >= 11 is 0. The molecule has 0 bridgehead atoms. The number of aliphatic carboxylic acids is 1. The van der Waals surface area contributed by atoms with E-state index in [0.717, 1.165) is 27.5 Å². The number of azide groups is 1. The molecular formula is C42H53N7O10. The molecule has 0 spiro atoms. The average molecular weight is 816 g/mol. The molecule has 1 aromatic heterocycles. The maximum absolute atomic E-state index is 13.2. The van der Waals surface area contributed by atoms with E-state index in [1.165, 1.54) is 0 Å². The lowest BCUT2D eigenvalue weighted by Gasteiger charge is -2.22. The number of carboxylic acids is 1. The summed E-state index contributed by atoms with van der Waals surface area (Å²) in [6, 6.07) is 20.5. The van der Waals surface area contributed by atoms with Gasteiger partial charge in [-0.1, -0.05) is 59.7 Å². The largest absolute Gasteiger partial charge is 0.491 e. The molecule has 0 saturated heterocycles. The van der Waals surface area contributed by atoms with Crippen LogP contribution in [0.4, 0.5) is 5.82 Å². The van der Waals surface area contributed by atoms with Crippen molar-refractivity contribution in [2.45, 2.75) is 38.3 Å². The fraction of sp³-hybridized carbons (Fsp3) is 0.429. The number of ether oxygens (including phenoxy) is 5.